The first-order valence-electron chi connectivity index (χ1n) is 6.55. The van der Waals surface area contributed by atoms with E-state index in [-0.39, 0.29) is 0 Å². The molecule has 0 heterocycles. The van der Waals surface area contributed by atoms with Crippen molar-refractivity contribution < 1.29 is 0 Å². The van der Waals surface area contributed by atoms with Gasteiger partial charge < -0.3 is 5.32 Å². The van der Waals surface area contributed by atoms with Gasteiger partial charge in [0.05, 0.1) is 0 Å². The molecule has 86 valence electrons. The van der Waals surface area contributed by atoms with E-state index >= 15 is 0 Å². The molecule has 0 bridgehead atoms. The first-order chi connectivity index (χ1) is 6.85. The maximum absolute atomic E-state index is 3.39. The monoisotopic (exact) mass is 199 g/mol. The second kappa shape index (κ2) is 11.0. The SMILES string of the molecule is CCCCCC(CC)CCCNCC. The molecular weight excluding hydrogens is 170 g/mol. The van der Waals surface area contributed by atoms with Crippen molar-refractivity contribution in [3.8, 4) is 0 Å². The molecule has 0 aromatic heterocycles. The van der Waals surface area contributed by atoms with E-state index in [2.05, 4.69) is 26.1 Å². The lowest BCUT2D eigenvalue weighted by atomic mass is 9.94. The van der Waals surface area contributed by atoms with Gasteiger partial charge in [0.25, 0.3) is 0 Å². The molecule has 1 unspecified atom stereocenters. The zero-order chi connectivity index (χ0) is 10.6. The Labute approximate surface area is 90.7 Å². The number of hydrogen-bond acceptors (Lipinski definition) is 1. The quantitative estimate of drug-likeness (QED) is 0.525. The van der Waals surface area contributed by atoms with Crippen LogP contribution < -0.4 is 5.32 Å². The lowest BCUT2D eigenvalue weighted by Crippen LogP contribution is -2.15. The van der Waals surface area contributed by atoms with Gasteiger partial charge in [-0.15, -0.1) is 0 Å². The Morgan fingerprint density at radius 1 is 0.929 bits per heavy atom. The predicted octanol–water partition coefficient (Wildman–Crippen LogP) is 3.98. The smallest absolute Gasteiger partial charge is 0.00489 e. The largest absolute Gasteiger partial charge is 0.317 e. The molecule has 1 atom stereocenters. The predicted molar refractivity (Wildman–Crippen MR) is 65.7 cm³/mol. The van der Waals surface area contributed by atoms with E-state index in [1.807, 2.05) is 0 Å². The molecule has 0 aliphatic carbocycles. The molecule has 0 rings (SSSR count). The average Bonchev–Trinajstić information content (AvgIpc) is 2.22. The van der Waals surface area contributed by atoms with Gasteiger partial charge in [-0.05, 0) is 31.8 Å². The Balaban J connectivity index is 3.28. The Bertz CT molecular complexity index is 101. The molecule has 0 fully saturated rings. The van der Waals surface area contributed by atoms with Crippen molar-refractivity contribution in [1.82, 2.24) is 5.32 Å². The fourth-order valence-electron chi connectivity index (χ4n) is 1.93. The first kappa shape index (κ1) is 14.0. The second-order valence-electron chi connectivity index (χ2n) is 4.27. The molecule has 0 saturated heterocycles. The van der Waals surface area contributed by atoms with E-state index in [1.165, 1.54) is 51.5 Å². The van der Waals surface area contributed by atoms with Crippen LogP contribution in [0.3, 0.4) is 0 Å². The molecule has 0 saturated carbocycles. The highest BCUT2D eigenvalue weighted by Gasteiger charge is 2.04. The number of hydrogen-bond donors (Lipinski definition) is 1. The average molecular weight is 199 g/mol. The van der Waals surface area contributed by atoms with Crippen LogP contribution in [0.1, 0.15) is 65.7 Å². The summed E-state index contributed by atoms with van der Waals surface area (Å²) in [6, 6.07) is 0. The van der Waals surface area contributed by atoms with Gasteiger partial charge in [0.15, 0.2) is 0 Å². The van der Waals surface area contributed by atoms with E-state index in [0.29, 0.717) is 0 Å². The topological polar surface area (TPSA) is 12.0 Å². The van der Waals surface area contributed by atoms with Crippen molar-refractivity contribution in [3.63, 3.8) is 0 Å². The first-order valence-corrected chi connectivity index (χ1v) is 6.55. The standard InChI is InChI=1S/C13H29N/c1-4-7-8-10-13(5-2)11-9-12-14-6-3/h13-14H,4-12H2,1-3H3. The van der Waals surface area contributed by atoms with Crippen molar-refractivity contribution in [3.05, 3.63) is 0 Å². The van der Waals surface area contributed by atoms with Crippen molar-refractivity contribution >= 4 is 0 Å². The summed E-state index contributed by atoms with van der Waals surface area (Å²) >= 11 is 0. The summed E-state index contributed by atoms with van der Waals surface area (Å²) in [6.07, 6.45) is 9.83. The van der Waals surface area contributed by atoms with Crippen molar-refractivity contribution in [2.24, 2.45) is 5.92 Å². The van der Waals surface area contributed by atoms with Crippen molar-refractivity contribution in [2.75, 3.05) is 13.1 Å². The minimum atomic E-state index is 0.986. The van der Waals surface area contributed by atoms with Crippen LogP contribution in [0, 0.1) is 5.92 Å². The summed E-state index contributed by atoms with van der Waals surface area (Å²) in [5.74, 6) is 0.986. The highest BCUT2D eigenvalue weighted by atomic mass is 14.8. The maximum Gasteiger partial charge on any atom is -0.00489 e. The summed E-state index contributed by atoms with van der Waals surface area (Å²) in [6.45, 7) is 9.13. The highest BCUT2D eigenvalue weighted by molar-refractivity contribution is 4.59. The fourth-order valence-corrected chi connectivity index (χ4v) is 1.93. The van der Waals surface area contributed by atoms with Gasteiger partial charge in [-0.1, -0.05) is 52.9 Å². The zero-order valence-corrected chi connectivity index (χ0v) is 10.4. The van der Waals surface area contributed by atoms with Gasteiger partial charge in [0.1, 0.15) is 0 Å². The minimum Gasteiger partial charge on any atom is -0.317 e. The van der Waals surface area contributed by atoms with Gasteiger partial charge in [-0.3, -0.25) is 0 Å². The van der Waals surface area contributed by atoms with Gasteiger partial charge in [0, 0.05) is 0 Å². The third-order valence-corrected chi connectivity index (χ3v) is 3.01. The number of nitrogens with one attached hydrogen (secondary N) is 1. The molecule has 1 nitrogen and oxygen atoms in total. The van der Waals surface area contributed by atoms with Crippen LogP contribution in [-0.2, 0) is 0 Å². The van der Waals surface area contributed by atoms with Crippen LogP contribution in [0.2, 0.25) is 0 Å². The molecule has 0 radical (unpaired) electrons. The third kappa shape index (κ3) is 8.55. The van der Waals surface area contributed by atoms with E-state index in [4.69, 9.17) is 0 Å². The number of rotatable bonds is 10. The highest BCUT2D eigenvalue weighted by Crippen LogP contribution is 2.18. The molecule has 0 aromatic carbocycles. The van der Waals surface area contributed by atoms with E-state index in [9.17, 15) is 0 Å². The van der Waals surface area contributed by atoms with Gasteiger partial charge in [0.2, 0.25) is 0 Å². The van der Waals surface area contributed by atoms with Crippen molar-refractivity contribution in [2.45, 2.75) is 65.7 Å². The van der Waals surface area contributed by atoms with Crippen LogP contribution in [-0.4, -0.2) is 13.1 Å². The molecule has 14 heavy (non-hydrogen) atoms. The third-order valence-electron chi connectivity index (χ3n) is 3.01. The molecule has 0 aliphatic rings. The maximum atomic E-state index is 3.39. The molecule has 0 aliphatic heterocycles. The van der Waals surface area contributed by atoms with Crippen LogP contribution in [0.15, 0.2) is 0 Å². The fraction of sp³-hybridized carbons (Fsp3) is 1.00. The lowest BCUT2D eigenvalue weighted by molar-refractivity contribution is 0.401. The summed E-state index contributed by atoms with van der Waals surface area (Å²) in [5.41, 5.74) is 0. The van der Waals surface area contributed by atoms with E-state index in [1.54, 1.807) is 0 Å². The minimum absolute atomic E-state index is 0.986. The molecule has 1 heteroatoms. The summed E-state index contributed by atoms with van der Waals surface area (Å²) in [7, 11) is 0. The lowest BCUT2D eigenvalue weighted by Gasteiger charge is -2.14. The van der Waals surface area contributed by atoms with E-state index < -0.39 is 0 Å². The van der Waals surface area contributed by atoms with Crippen LogP contribution in [0.25, 0.3) is 0 Å². The Kier molecular flexibility index (Phi) is 11.0. The van der Waals surface area contributed by atoms with Gasteiger partial charge in [-0.2, -0.15) is 0 Å². The Hall–Kier alpha value is -0.0400. The Morgan fingerprint density at radius 3 is 2.21 bits per heavy atom. The zero-order valence-electron chi connectivity index (χ0n) is 10.4. The molecule has 0 amide bonds. The van der Waals surface area contributed by atoms with E-state index in [0.717, 1.165) is 12.5 Å². The van der Waals surface area contributed by atoms with Crippen LogP contribution in [0.4, 0.5) is 0 Å². The molecule has 0 aromatic rings. The number of unbranched alkanes of at least 4 members (excludes halogenated alkanes) is 2. The van der Waals surface area contributed by atoms with Gasteiger partial charge >= 0.3 is 0 Å². The van der Waals surface area contributed by atoms with Crippen molar-refractivity contribution in [1.29, 1.82) is 0 Å². The van der Waals surface area contributed by atoms with Crippen LogP contribution in [0.5, 0.6) is 0 Å². The van der Waals surface area contributed by atoms with Crippen LogP contribution >= 0.6 is 0 Å². The van der Waals surface area contributed by atoms with Gasteiger partial charge in [-0.25, -0.2) is 0 Å². The molecular formula is C13H29N. The normalized spacial score (nSPS) is 13.1. The Morgan fingerprint density at radius 2 is 1.64 bits per heavy atom. The summed E-state index contributed by atoms with van der Waals surface area (Å²) in [5, 5.41) is 3.39. The molecule has 0 spiro atoms. The summed E-state index contributed by atoms with van der Waals surface area (Å²) in [4.78, 5) is 0. The second-order valence-corrected chi connectivity index (χ2v) is 4.27. The summed E-state index contributed by atoms with van der Waals surface area (Å²) < 4.78 is 0. The molecule has 1 N–H and O–H groups in total.